The van der Waals surface area contributed by atoms with Gasteiger partial charge in [-0.1, -0.05) is 154 Å². The minimum Gasteiger partial charge on any atom is -0.237 e. The smallest absolute Gasteiger partial charge is 0.0822 e. The summed E-state index contributed by atoms with van der Waals surface area (Å²) in [6.45, 7) is 0.334. The highest BCUT2D eigenvalue weighted by atomic mass is 31.1. The molecule has 0 aromatic heterocycles. The molecule has 0 spiro atoms. The first-order chi connectivity index (χ1) is 19.8. The highest BCUT2D eigenvalue weighted by Gasteiger charge is 2.08. The van der Waals surface area contributed by atoms with Crippen molar-refractivity contribution in [3.05, 3.63) is 0 Å². The van der Waals surface area contributed by atoms with Crippen molar-refractivity contribution < 1.29 is 15.3 Å². The van der Waals surface area contributed by atoms with Crippen LogP contribution in [0.15, 0.2) is 0 Å². The fraction of sp³-hybridized carbons (Fsp3) is 1.00. The van der Waals surface area contributed by atoms with E-state index in [-0.39, 0.29) is 27.7 Å². The first kappa shape index (κ1) is 40.3. The number of unbranched alkanes of at least 4 members (excludes halogenated alkanes) is 27. The molecule has 0 aliphatic rings. The normalized spacial score (nSPS) is 11.7. The standard InChI is InChI=1S/C36H72O3P/c37-31-25-19-13-7-1-4-10-16-22-28-34-40(35-29-23-17-11-5-2-8-14-20-26-32-38)36-30-24-18-12-6-3-9-15-21-27-33-39/h1-36H2. The third-order valence-corrected chi connectivity index (χ3v) is 11.5. The minimum absolute atomic E-state index is 0.111. The molecule has 3 nitrogen and oxygen atoms in total. The van der Waals surface area contributed by atoms with Crippen LogP contribution >= 0.6 is 7.92 Å². The molecule has 4 heteroatoms. The van der Waals surface area contributed by atoms with Gasteiger partial charge in [-0.15, -0.1) is 7.92 Å². The van der Waals surface area contributed by atoms with Crippen molar-refractivity contribution in [2.75, 3.05) is 38.3 Å². The van der Waals surface area contributed by atoms with Gasteiger partial charge in [0.15, 0.2) is 0 Å². The van der Waals surface area contributed by atoms with E-state index in [0.29, 0.717) is 0 Å². The van der Waals surface area contributed by atoms with Gasteiger partial charge in [0.25, 0.3) is 0 Å². The largest absolute Gasteiger partial charge is 0.237 e. The second-order valence-corrected chi connectivity index (χ2v) is 15.2. The molecule has 239 valence electrons. The average Bonchev–Trinajstić information content (AvgIpc) is 2.97. The van der Waals surface area contributed by atoms with Crippen LogP contribution in [0.2, 0.25) is 0 Å². The van der Waals surface area contributed by atoms with Crippen LogP contribution in [0.1, 0.15) is 193 Å². The van der Waals surface area contributed by atoms with E-state index in [0.717, 1.165) is 38.5 Å². The molecule has 3 radical (unpaired) electrons. The van der Waals surface area contributed by atoms with Gasteiger partial charge in [-0.2, -0.15) is 0 Å². The van der Waals surface area contributed by atoms with Crippen molar-refractivity contribution in [1.82, 2.24) is 0 Å². The Bertz CT molecular complexity index is 372. The van der Waals surface area contributed by atoms with E-state index in [1.54, 1.807) is 0 Å². The molecule has 0 unspecified atom stereocenters. The Hall–Kier alpha value is 0.310. The van der Waals surface area contributed by atoms with Crippen LogP contribution in [0.25, 0.3) is 0 Å². The average molecular weight is 584 g/mol. The molecule has 0 aliphatic carbocycles. The van der Waals surface area contributed by atoms with E-state index in [1.165, 1.54) is 173 Å². The van der Waals surface area contributed by atoms with Gasteiger partial charge in [-0.25, -0.2) is 15.3 Å². The molecule has 0 fully saturated rings. The molecule has 0 rings (SSSR count). The molecular weight excluding hydrogens is 511 g/mol. The quantitative estimate of drug-likeness (QED) is 0.0520. The van der Waals surface area contributed by atoms with Crippen LogP contribution < -0.4 is 0 Å². The summed E-state index contributed by atoms with van der Waals surface area (Å²) < 4.78 is 0. The van der Waals surface area contributed by atoms with E-state index in [1.807, 2.05) is 0 Å². The Kier molecular flexibility index (Phi) is 37.6. The first-order valence-electron chi connectivity index (χ1n) is 18.3. The molecule has 0 aromatic rings. The molecule has 0 bridgehead atoms. The Morgan fingerprint density at radius 2 is 0.350 bits per heavy atom. The molecule has 0 atom stereocenters. The zero-order chi connectivity index (χ0) is 29.0. The molecule has 40 heavy (non-hydrogen) atoms. The lowest BCUT2D eigenvalue weighted by Gasteiger charge is -2.18. The zero-order valence-electron chi connectivity index (χ0n) is 27.1. The summed E-state index contributed by atoms with van der Waals surface area (Å²) in [5, 5.41) is 31.5. The van der Waals surface area contributed by atoms with E-state index in [9.17, 15) is 15.3 Å². The van der Waals surface area contributed by atoms with Crippen LogP contribution in [0.5, 0.6) is 0 Å². The molecule has 0 aromatic carbocycles. The molecular formula is C36H72O3P. The maximum atomic E-state index is 10.5. The molecule has 0 heterocycles. The van der Waals surface area contributed by atoms with Gasteiger partial charge in [-0.05, 0) is 57.0 Å². The molecule has 0 aliphatic heterocycles. The van der Waals surface area contributed by atoms with Gasteiger partial charge in [0.05, 0.1) is 19.8 Å². The maximum absolute atomic E-state index is 10.5. The van der Waals surface area contributed by atoms with Crippen molar-refractivity contribution in [3.8, 4) is 0 Å². The molecule has 0 N–H and O–H groups in total. The lowest BCUT2D eigenvalue weighted by molar-refractivity contribution is 0.185. The summed E-state index contributed by atoms with van der Waals surface area (Å²) in [6.07, 6.45) is 43.9. The monoisotopic (exact) mass is 584 g/mol. The van der Waals surface area contributed by atoms with Crippen molar-refractivity contribution in [2.45, 2.75) is 193 Å². The van der Waals surface area contributed by atoms with Crippen molar-refractivity contribution >= 4 is 7.92 Å². The lowest BCUT2D eigenvalue weighted by Crippen LogP contribution is -1.97. The number of hydrogen-bond acceptors (Lipinski definition) is 0. The van der Waals surface area contributed by atoms with Gasteiger partial charge in [0.2, 0.25) is 0 Å². The molecule has 0 amide bonds. The highest BCUT2D eigenvalue weighted by Crippen LogP contribution is 2.39. The fourth-order valence-electron chi connectivity index (χ4n) is 5.89. The second-order valence-electron chi connectivity index (χ2n) is 12.6. The third-order valence-electron chi connectivity index (χ3n) is 8.61. The summed E-state index contributed by atoms with van der Waals surface area (Å²) in [6, 6.07) is 0. The first-order valence-corrected chi connectivity index (χ1v) is 20.2. The Morgan fingerprint density at radius 3 is 0.525 bits per heavy atom. The van der Waals surface area contributed by atoms with E-state index in [2.05, 4.69) is 0 Å². The minimum atomic E-state index is 0.111. The van der Waals surface area contributed by atoms with Crippen molar-refractivity contribution in [2.24, 2.45) is 0 Å². The SMILES string of the molecule is [O]CCCCCCCCCCCCP(CCCCCCCCCCCC[O])CCCCCCCCCCCC[O]. The molecule has 0 saturated heterocycles. The summed E-state index contributed by atoms with van der Waals surface area (Å²) in [4.78, 5) is 0. The highest BCUT2D eigenvalue weighted by molar-refractivity contribution is 7.57. The van der Waals surface area contributed by atoms with E-state index >= 15 is 0 Å². The van der Waals surface area contributed by atoms with Crippen LogP contribution in [0, 0.1) is 0 Å². The van der Waals surface area contributed by atoms with Gasteiger partial charge in [0, 0.05) is 0 Å². The summed E-state index contributed by atoms with van der Waals surface area (Å²) in [7, 11) is 0.254. The Morgan fingerprint density at radius 1 is 0.200 bits per heavy atom. The van der Waals surface area contributed by atoms with Crippen molar-refractivity contribution in [1.29, 1.82) is 0 Å². The van der Waals surface area contributed by atoms with Crippen molar-refractivity contribution in [3.63, 3.8) is 0 Å². The van der Waals surface area contributed by atoms with Crippen LogP contribution in [-0.2, 0) is 15.3 Å². The van der Waals surface area contributed by atoms with Crippen LogP contribution in [-0.4, -0.2) is 38.3 Å². The van der Waals surface area contributed by atoms with Gasteiger partial charge in [0.1, 0.15) is 0 Å². The predicted octanol–water partition coefficient (Wildman–Crippen LogP) is 12.5. The maximum Gasteiger partial charge on any atom is 0.0822 e. The topological polar surface area (TPSA) is 59.7 Å². The third kappa shape index (κ3) is 34.5. The predicted molar refractivity (Wildman–Crippen MR) is 177 cm³/mol. The lowest BCUT2D eigenvalue weighted by atomic mass is 10.1. The van der Waals surface area contributed by atoms with E-state index in [4.69, 9.17) is 0 Å². The van der Waals surface area contributed by atoms with E-state index < -0.39 is 0 Å². The molecule has 0 saturated carbocycles. The van der Waals surface area contributed by atoms with Crippen LogP contribution in [0.3, 0.4) is 0 Å². The summed E-state index contributed by atoms with van der Waals surface area (Å²) in [5.41, 5.74) is 0. The zero-order valence-corrected chi connectivity index (χ0v) is 28.0. The van der Waals surface area contributed by atoms with Crippen LogP contribution in [0.4, 0.5) is 0 Å². The van der Waals surface area contributed by atoms with Gasteiger partial charge in [-0.3, -0.25) is 0 Å². The summed E-state index contributed by atoms with van der Waals surface area (Å²) >= 11 is 0. The number of rotatable bonds is 36. The fourth-order valence-corrected chi connectivity index (χ4v) is 8.57. The number of hydrogen-bond donors (Lipinski definition) is 0. The summed E-state index contributed by atoms with van der Waals surface area (Å²) in [5.74, 6) is 0. The Balaban J connectivity index is 3.89. The van der Waals surface area contributed by atoms with Gasteiger partial charge >= 0.3 is 0 Å². The second kappa shape index (κ2) is 37.3. The van der Waals surface area contributed by atoms with Gasteiger partial charge < -0.3 is 0 Å². The Labute approximate surface area is 253 Å².